The zero-order valence-corrected chi connectivity index (χ0v) is 9.69. The number of nitrogens with one attached hydrogen (secondary N) is 1. The number of aromatic nitrogens is 1. The monoisotopic (exact) mass is 221 g/mol. The number of hydrogen-bond donors (Lipinski definition) is 1. The summed E-state index contributed by atoms with van der Waals surface area (Å²) < 4.78 is 0. The molecular formula is C16H15N. The third-order valence-corrected chi connectivity index (χ3v) is 3.16. The lowest BCUT2D eigenvalue weighted by Crippen LogP contribution is -1.90. The summed E-state index contributed by atoms with van der Waals surface area (Å²) in [5, 5.41) is 1.30. The predicted molar refractivity (Wildman–Crippen MR) is 72.1 cm³/mol. The molecule has 0 bridgehead atoms. The van der Waals surface area contributed by atoms with E-state index >= 15 is 0 Å². The van der Waals surface area contributed by atoms with Crippen molar-refractivity contribution in [2.75, 3.05) is 0 Å². The van der Waals surface area contributed by atoms with Crippen molar-refractivity contribution in [1.82, 2.24) is 4.98 Å². The Balaban J connectivity index is 1.76. The van der Waals surface area contributed by atoms with Gasteiger partial charge in [0.2, 0.25) is 0 Å². The molecule has 2 aromatic carbocycles. The van der Waals surface area contributed by atoms with E-state index in [2.05, 4.69) is 59.6 Å². The molecule has 1 aromatic heterocycles. The molecule has 84 valence electrons. The van der Waals surface area contributed by atoms with Crippen molar-refractivity contribution in [3.05, 3.63) is 71.9 Å². The molecule has 0 atom stereocenters. The van der Waals surface area contributed by atoms with Crippen LogP contribution in [0.3, 0.4) is 0 Å². The van der Waals surface area contributed by atoms with E-state index in [1.165, 1.54) is 22.0 Å². The lowest BCUT2D eigenvalue weighted by molar-refractivity contribution is 0.962. The zero-order valence-electron chi connectivity index (χ0n) is 9.69. The molecule has 0 amide bonds. The fourth-order valence-corrected chi connectivity index (χ4v) is 2.19. The van der Waals surface area contributed by atoms with Gasteiger partial charge in [-0.3, -0.25) is 0 Å². The smallest absolute Gasteiger partial charge is 0.0454 e. The van der Waals surface area contributed by atoms with Crippen molar-refractivity contribution in [3.8, 4) is 0 Å². The zero-order chi connectivity index (χ0) is 11.5. The highest BCUT2D eigenvalue weighted by molar-refractivity contribution is 5.79. The van der Waals surface area contributed by atoms with Crippen molar-refractivity contribution in [2.45, 2.75) is 12.8 Å². The summed E-state index contributed by atoms with van der Waals surface area (Å²) >= 11 is 0. The third kappa shape index (κ3) is 2.23. The van der Waals surface area contributed by atoms with E-state index in [0.29, 0.717) is 0 Å². The van der Waals surface area contributed by atoms with E-state index in [0.717, 1.165) is 12.8 Å². The highest BCUT2D eigenvalue weighted by atomic mass is 14.7. The van der Waals surface area contributed by atoms with Crippen molar-refractivity contribution in [2.24, 2.45) is 0 Å². The molecular weight excluding hydrogens is 206 g/mol. The maximum atomic E-state index is 3.22. The first-order valence-corrected chi connectivity index (χ1v) is 6.02. The maximum Gasteiger partial charge on any atom is 0.0454 e. The molecule has 3 aromatic rings. The molecule has 0 unspecified atom stereocenters. The summed E-state index contributed by atoms with van der Waals surface area (Å²) in [6.07, 6.45) is 4.20. The van der Waals surface area contributed by atoms with Crippen LogP contribution >= 0.6 is 0 Å². The standard InChI is InChI=1S/C16H15N/c1-2-4-13(5-3-1)6-7-14-8-9-16-15(12-14)10-11-17-16/h1-5,8-12,17H,6-7H2. The van der Waals surface area contributed by atoms with Gasteiger partial charge in [-0.15, -0.1) is 0 Å². The number of H-pyrrole nitrogens is 1. The average Bonchev–Trinajstić information content (AvgIpc) is 2.85. The predicted octanol–water partition coefficient (Wildman–Crippen LogP) is 3.95. The van der Waals surface area contributed by atoms with Crippen LogP contribution in [-0.4, -0.2) is 4.98 Å². The number of benzene rings is 2. The average molecular weight is 221 g/mol. The molecule has 0 saturated carbocycles. The molecule has 0 fully saturated rings. The highest BCUT2D eigenvalue weighted by Crippen LogP contribution is 2.15. The first kappa shape index (κ1) is 10.2. The van der Waals surface area contributed by atoms with Crippen molar-refractivity contribution >= 4 is 10.9 Å². The van der Waals surface area contributed by atoms with E-state index in [9.17, 15) is 0 Å². The van der Waals surface area contributed by atoms with Crippen molar-refractivity contribution in [3.63, 3.8) is 0 Å². The molecule has 1 heteroatoms. The van der Waals surface area contributed by atoms with Gasteiger partial charge in [-0.05, 0) is 47.6 Å². The quantitative estimate of drug-likeness (QED) is 0.689. The SMILES string of the molecule is c1ccc(CCc2ccc3[nH]ccc3c2)cc1. The van der Waals surface area contributed by atoms with Crippen LogP contribution in [0.1, 0.15) is 11.1 Å². The second-order valence-corrected chi connectivity index (χ2v) is 4.38. The van der Waals surface area contributed by atoms with Crippen LogP contribution in [0.2, 0.25) is 0 Å². The molecule has 0 spiro atoms. The van der Waals surface area contributed by atoms with Gasteiger partial charge >= 0.3 is 0 Å². The van der Waals surface area contributed by atoms with Crippen LogP contribution in [0, 0.1) is 0 Å². The van der Waals surface area contributed by atoms with Crippen molar-refractivity contribution in [1.29, 1.82) is 0 Å². The molecule has 0 aliphatic carbocycles. The minimum Gasteiger partial charge on any atom is -0.361 e. The summed E-state index contributed by atoms with van der Waals surface area (Å²) in [5.41, 5.74) is 4.02. The fraction of sp³-hybridized carbons (Fsp3) is 0.125. The largest absolute Gasteiger partial charge is 0.361 e. The first-order valence-electron chi connectivity index (χ1n) is 6.02. The van der Waals surface area contributed by atoms with E-state index < -0.39 is 0 Å². The van der Waals surface area contributed by atoms with Gasteiger partial charge in [0.15, 0.2) is 0 Å². The topological polar surface area (TPSA) is 15.8 Å². The van der Waals surface area contributed by atoms with Crippen LogP contribution in [0.15, 0.2) is 60.8 Å². The minimum absolute atomic E-state index is 1.10. The Morgan fingerprint density at radius 1 is 0.765 bits per heavy atom. The molecule has 0 aliphatic heterocycles. The number of rotatable bonds is 3. The van der Waals surface area contributed by atoms with Crippen LogP contribution in [-0.2, 0) is 12.8 Å². The van der Waals surface area contributed by atoms with Gasteiger partial charge in [-0.2, -0.15) is 0 Å². The van der Waals surface area contributed by atoms with Crippen LogP contribution in [0.4, 0.5) is 0 Å². The summed E-state index contributed by atoms with van der Waals surface area (Å²) in [5.74, 6) is 0. The highest BCUT2D eigenvalue weighted by Gasteiger charge is 1.98. The van der Waals surface area contributed by atoms with Gasteiger partial charge in [0, 0.05) is 11.7 Å². The summed E-state index contributed by atoms with van der Waals surface area (Å²) in [6.45, 7) is 0. The molecule has 0 radical (unpaired) electrons. The van der Waals surface area contributed by atoms with E-state index in [1.54, 1.807) is 0 Å². The molecule has 0 aliphatic rings. The molecule has 1 N–H and O–H groups in total. The Morgan fingerprint density at radius 2 is 1.59 bits per heavy atom. The summed E-state index contributed by atoms with van der Waals surface area (Å²) in [7, 11) is 0. The minimum atomic E-state index is 1.10. The Morgan fingerprint density at radius 3 is 2.47 bits per heavy atom. The Hall–Kier alpha value is -2.02. The van der Waals surface area contributed by atoms with Crippen LogP contribution in [0.5, 0.6) is 0 Å². The van der Waals surface area contributed by atoms with Crippen molar-refractivity contribution < 1.29 is 0 Å². The second kappa shape index (κ2) is 4.46. The van der Waals surface area contributed by atoms with E-state index in [4.69, 9.17) is 0 Å². The molecule has 0 saturated heterocycles. The van der Waals surface area contributed by atoms with E-state index in [-0.39, 0.29) is 0 Å². The first-order chi connectivity index (χ1) is 8.42. The van der Waals surface area contributed by atoms with Gasteiger partial charge < -0.3 is 4.98 Å². The van der Waals surface area contributed by atoms with Crippen LogP contribution in [0.25, 0.3) is 10.9 Å². The van der Waals surface area contributed by atoms with Gasteiger partial charge in [-0.1, -0.05) is 36.4 Å². The number of aryl methyl sites for hydroxylation is 2. The van der Waals surface area contributed by atoms with Gasteiger partial charge in [0.1, 0.15) is 0 Å². The Labute approximate surface area is 101 Å². The third-order valence-electron chi connectivity index (χ3n) is 3.16. The molecule has 3 rings (SSSR count). The fourth-order valence-electron chi connectivity index (χ4n) is 2.19. The van der Waals surface area contributed by atoms with Gasteiger partial charge in [0.05, 0.1) is 0 Å². The number of aromatic amines is 1. The second-order valence-electron chi connectivity index (χ2n) is 4.38. The molecule has 1 heterocycles. The van der Waals surface area contributed by atoms with Gasteiger partial charge in [-0.25, -0.2) is 0 Å². The Bertz CT molecular complexity index is 608. The lowest BCUT2D eigenvalue weighted by Gasteiger charge is -2.02. The number of fused-ring (bicyclic) bond motifs is 1. The van der Waals surface area contributed by atoms with Gasteiger partial charge in [0.25, 0.3) is 0 Å². The summed E-state index contributed by atoms with van der Waals surface area (Å²) in [6, 6.07) is 19.4. The van der Waals surface area contributed by atoms with Crippen LogP contribution < -0.4 is 0 Å². The lowest BCUT2D eigenvalue weighted by atomic mass is 10.0. The van der Waals surface area contributed by atoms with E-state index in [1.807, 2.05) is 6.20 Å². The Kier molecular flexibility index (Phi) is 2.66. The number of hydrogen-bond acceptors (Lipinski definition) is 0. The molecule has 17 heavy (non-hydrogen) atoms. The normalized spacial score (nSPS) is 10.8. The maximum absolute atomic E-state index is 3.22. The molecule has 1 nitrogen and oxygen atoms in total. The summed E-state index contributed by atoms with van der Waals surface area (Å²) in [4.78, 5) is 3.22.